The first-order valence-electron chi connectivity index (χ1n) is 5.94. The van der Waals surface area contributed by atoms with Crippen LogP contribution in [0.4, 0.5) is 0 Å². The Hall–Kier alpha value is -0.380. The summed E-state index contributed by atoms with van der Waals surface area (Å²) in [6, 6.07) is 2.47. The first kappa shape index (κ1) is 13.7. The average Bonchev–Trinajstić information content (AvgIpc) is 2.60. The molecule has 0 aliphatic rings. The third kappa shape index (κ3) is 3.06. The maximum atomic E-state index is 5.86. The lowest BCUT2D eigenvalue weighted by atomic mass is 9.92. The molecule has 1 N–H and O–H groups in total. The van der Waals surface area contributed by atoms with Gasteiger partial charge in [0.05, 0.1) is 11.6 Å². The summed E-state index contributed by atoms with van der Waals surface area (Å²) in [7, 11) is 0. The molecule has 16 heavy (non-hydrogen) atoms. The van der Waals surface area contributed by atoms with Gasteiger partial charge in [-0.1, -0.05) is 6.92 Å². The molecule has 1 atom stereocenters. The molecular weight excluding hydrogens is 218 g/mol. The molecule has 1 heterocycles. The second kappa shape index (κ2) is 5.80. The van der Waals surface area contributed by atoms with Crippen LogP contribution in [0.1, 0.15) is 44.2 Å². The topological polar surface area (TPSA) is 21.3 Å². The summed E-state index contributed by atoms with van der Waals surface area (Å²) in [6.45, 7) is 12.4. The first-order chi connectivity index (χ1) is 7.53. The summed E-state index contributed by atoms with van der Waals surface area (Å²) in [5.74, 6) is 0. The second-order valence-electron chi connectivity index (χ2n) is 4.46. The molecule has 0 bridgehead atoms. The van der Waals surface area contributed by atoms with Gasteiger partial charge in [-0.2, -0.15) is 0 Å². The Kier molecular flexibility index (Phi) is 4.96. The molecular formula is C13H23NOS. The van der Waals surface area contributed by atoms with Gasteiger partial charge in [0, 0.05) is 11.5 Å². The predicted octanol–water partition coefficient (Wildman–Crippen LogP) is 3.52. The van der Waals surface area contributed by atoms with Crippen molar-refractivity contribution in [3.8, 4) is 0 Å². The van der Waals surface area contributed by atoms with E-state index in [0.29, 0.717) is 0 Å². The molecule has 0 saturated carbocycles. The molecule has 0 aromatic carbocycles. The van der Waals surface area contributed by atoms with Crippen LogP contribution in [0.5, 0.6) is 0 Å². The Bertz CT molecular complexity index is 319. The first-order valence-corrected chi connectivity index (χ1v) is 6.82. The van der Waals surface area contributed by atoms with Gasteiger partial charge >= 0.3 is 0 Å². The predicted molar refractivity (Wildman–Crippen MR) is 71.2 cm³/mol. The van der Waals surface area contributed by atoms with Gasteiger partial charge in [0.2, 0.25) is 0 Å². The number of thiophene rings is 1. The van der Waals surface area contributed by atoms with Gasteiger partial charge in [-0.3, -0.25) is 0 Å². The fraction of sp³-hybridized carbons (Fsp3) is 0.692. The minimum atomic E-state index is -0.170. The van der Waals surface area contributed by atoms with E-state index in [1.165, 1.54) is 10.4 Å². The molecule has 0 saturated heterocycles. The molecule has 0 radical (unpaired) electrons. The molecule has 3 heteroatoms. The summed E-state index contributed by atoms with van der Waals surface area (Å²) in [5.41, 5.74) is 1.20. The van der Waals surface area contributed by atoms with Crippen molar-refractivity contribution in [2.45, 2.75) is 46.3 Å². The van der Waals surface area contributed by atoms with Crippen LogP contribution in [0.25, 0.3) is 0 Å². The van der Waals surface area contributed by atoms with Crippen LogP contribution < -0.4 is 5.32 Å². The number of likely N-dealkylation sites (N-methyl/N-ethyl adjacent to an activating group) is 1. The van der Waals surface area contributed by atoms with Gasteiger partial charge in [0.15, 0.2) is 0 Å². The van der Waals surface area contributed by atoms with E-state index in [1.807, 2.05) is 6.92 Å². The largest absolute Gasteiger partial charge is 0.374 e. The van der Waals surface area contributed by atoms with Crippen molar-refractivity contribution in [3.63, 3.8) is 0 Å². The maximum Gasteiger partial charge on any atom is 0.0820 e. The number of nitrogens with one attached hydrogen (secondary N) is 1. The van der Waals surface area contributed by atoms with Gasteiger partial charge in [-0.25, -0.2) is 0 Å². The lowest BCUT2D eigenvalue weighted by Crippen LogP contribution is -2.41. The minimum absolute atomic E-state index is 0.170. The van der Waals surface area contributed by atoms with E-state index >= 15 is 0 Å². The van der Waals surface area contributed by atoms with Gasteiger partial charge < -0.3 is 10.1 Å². The lowest BCUT2D eigenvalue weighted by molar-refractivity contribution is -0.0389. The zero-order chi connectivity index (χ0) is 12.2. The molecule has 1 aromatic rings. The summed E-state index contributed by atoms with van der Waals surface area (Å²) >= 11 is 1.80. The highest BCUT2D eigenvalue weighted by Crippen LogP contribution is 2.32. The second-order valence-corrected chi connectivity index (χ2v) is 5.58. The molecule has 0 aliphatic heterocycles. The van der Waals surface area contributed by atoms with Crippen LogP contribution in [0.3, 0.4) is 0 Å². The molecule has 1 unspecified atom stereocenters. The number of ether oxygens (including phenoxy) is 1. The molecule has 0 fully saturated rings. The summed E-state index contributed by atoms with van der Waals surface area (Å²) in [5, 5.41) is 5.68. The third-order valence-corrected chi connectivity index (χ3v) is 3.69. The minimum Gasteiger partial charge on any atom is -0.374 e. The monoisotopic (exact) mass is 241 g/mol. The van der Waals surface area contributed by atoms with Crippen molar-refractivity contribution in [3.05, 3.63) is 21.9 Å². The third-order valence-electron chi connectivity index (χ3n) is 2.83. The quantitative estimate of drug-likeness (QED) is 0.822. The number of hydrogen-bond donors (Lipinski definition) is 1. The van der Waals surface area contributed by atoms with Gasteiger partial charge in [0.25, 0.3) is 0 Å². The Morgan fingerprint density at radius 1 is 1.44 bits per heavy atom. The van der Waals surface area contributed by atoms with Crippen molar-refractivity contribution >= 4 is 11.3 Å². The zero-order valence-corrected chi connectivity index (χ0v) is 11.8. The lowest BCUT2D eigenvalue weighted by Gasteiger charge is -2.35. The van der Waals surface area contributed by atoms with Crippen LogP contribution in [0.2, 0.25) is 0 Å². The molecule has 1 aromatic heterocycles. The SMILES string of the molecule is CCNC(c1ccsc1C)C(C)(C)OCC. The maximum absolute atomic E-state index is 5.86. The molecule has 1 rings (SSSR count). The van der Waals surface area contributed by atoms with Crippen LogP contribution in [-0.2, 0) is 4.74 Å². The Morgan fingerprint density at radius 3 is 2.56 bits per heavy atom. The van der Waals surface area contributed by atoms with E-state index in [0.717, 1.165) is 13.2 Å². The number of rotatable bonds is 6. The number of aryl methyl sites for hydroxylation is 1. The highest BCUT2D eigenvalue weighted by atomic mass is 32.1. The van der Waals surface area contributed by atoms with E-state index in [-0.39, 0.29) is 11.6 Å². The van der Waals surface area contributed by atoms with Gasteiger partial charge in [-0.05, 0) is 51.2 Å². The normalized spacial score (nSPS) is 14.1. The van der Waals surface area contributed by atoms with Crippen molar-refractivity contribution in [2.75, 3.05) is 13.2 Å². The smallest absolute Gasteiger partial charge is 0.0820 e. The highest BCUT2D eigenvalue weighted by Gasteiger charge is 2.31. The van der Waals surface area contributed by atoms with E-state index in [9.17, 15) is 0 Å². The fourth-order valence-electron chi connectivity index (χ4n) is 2.08. The van der Waals surface area contributed by atoms with Crippen LogP contribution in [0.15, 0.2) is 11.4 Å². The van der Waals surface area contributed by atoms with Crippen molar-refractivity contribution in [1.82, 2.24) is 5.32 Å². The Balaban J connectivity index is 2.95. The zero-order valence-electron chi connectivity index (χ0n) is 11.0. The Morgan fingerprint density at radius 2 is 2.12 bits per heavy atom. The van der Waals surface area contributed by atoms with Gasteiger partial charge in [-0.15, -0.1) is 11.3 Å². The van der Waals surface area contributed by atoms with Crippen molar-refractivity contribution < 1.29 is 4.74 Å². The van der Waals surface area contributed by atoms with Gasteiger partial charge in [0.1, 0.15) is 0 Å². The molecule has 0 aliphatic carbocycles. The van der Waals surface area contributed by atoms with Crippen LogP contribution >= 0.6 is 11.3 Å². The van der Waals surface area contributed by atoms with E-state index in [1.54, 1.807) is 11.3 Å². The Labute approximate surface area is 103 Å². The van der Waals surface area contributed by atoms with Crippen LogP contribution in [0, 0.1) is 6.92 Å². The highest BCUT2D eigenvalue weighted by molar-refractivity contribution is 7.10. The standard InChI is InChI=1S/C13H23NOS/c1-6-14-12(13(4,5)15-7-2)11-8-9-16-10(11)3/h8-9,12,14H,6-7H2,1-5H3. The van der Waals surface area contributed by atoms with E-state index in [2.05, 4.69) is 44.5 Å². The van der Waals surface area contributed by atoms with Crippen LogP contribution in [-0.4, -0.2) is 18.8 Å². The molecule has 0 amide bonds. The molecule has 2 nitrogen and oxygen atoms in total. The average molecular weight is 241 g/mol. The van der Waals surface area contributed by atoms with E-state index < -0.39 is 0 Å². The summed E-state index contributed by atoms with van der Waals surface area (Å²) in [6.07, 6.45) is 0. The fourth-order valence-corrected chi connectivity index (χ4v) is 2.82. The number of hydrogen-bond acceptors (Lipinski definition) is 3. The van der Waals surface area contributed by atoms with Crippen molar-refractivity contribution in [1.29, 1.82) is 0 Å². The van der Waals surface area contributed by atoms with E-state index in [4.69, 9.17) is 4.74 Å². The molecule has 0 spiro atoms. The van der Waals surface area contributed by atoms with Crippen molar-refractivity contribution in [2.24, 2.45) is 0 Å². The summed E-state index contributed by atoms with van der Waals surface area (Å²) < 4.78 is 5.86. The summed E-state index contributed by atoms with van der Waals surface area (Å²) in [4.78, 5) is 1.37. The molecule has 92 valence electrons.